The lowest BCUT2D eigenvalue weighted by Gasteiger charge is -2.31. The van der Waals surface area contributed by atoms with Crippen LogP contribution in [0.1, 0.15) is 41.0 Å². The monoisotopic (exact) mass is 201 g/mol. The van der Waals surface area contributed by atoms with Gasteiger partial charge in [-0.05, 0) is 24.8 Å². The predicted molar refractivity (Wildman–Crippen MR) is 62.6 cm³/mol. The van der Waals surface area contributed by atoms with Crippen molar-refractivity contribution in [2.45, 2.75) is 53.2 Å². The van der Waals surface area contributed by atoms with E-state index in [1.807, 2.05) is 7.11 Å². The van der Waals surface area contributed by atoms with Gasteiger partial charge in [0.1, 0.15) is 0 Å². The van der Waals surface area contributed by atoms with E-state index >= 15 is 0 Å². The van der Waals surface area contributed by atoms with Gasteiger partial charge >= 0.3 is 0 Å². The average molecular weight is 201 g/mol. The Bertz CT molecular complexity index is 134. The number of likely N-dealkylation sites (N-methyl/N-ethyl adjacent to an activating group) is 1. The van der Waals surface area contributed by atoms with Crippen molar-refractivity contribution in [3.63, 3.8) is 0 Å². The zero-order chi connectivity index (χ0) is 11.1. The fourth-order valence-electron chi connectivity index (χ4n) is 1.89. The smallest absolute Gasteiger partial charge is 0.0729 e. The SMILES string of the molecule is CCNC(C(C)C)C(CC(C)C)OC. The molecule has 86 valence electrons. The third-order valence-electron chi connectivity index (χ3n) is 2.57. The lowest BCUT2D eigenvalue weighted by atomic mass is 9.92. The molecule has 0 amide bonds. The zero-order valence-corrected chi connectivity index (χ0v) is 10.6. The van der Waals surface area contributed by atoms with Gasteiger partial charge < -0.3 is 10.1 Å². The number of hydrogen-bond donors (Lipinski definition) is 1. The van der Waals surface area contributed by atoms with Crippen LogP contribution in [-0.2, 0) is 4.74 Å². The van der Waals surface area contributed by atoms with Crippen molar-refractivity contribution < 1.29 is 4.74 Å². The van der Waals surface area contributed by atoms with Crippen LogP contribution in [0.3, 0.4) is 0 Å². The first-order valence-electron chi connectivity index (χ1n) is 5.79. The Balaban J connectivity index is 4.25. The number of nitrogens with one attached hydrogen (secondary N) is 1. The van der Waals surface area contributed by atoms with Crippen molar-refractivity contribution in [3.05, 3.63) is 0 Å². The highest BCUT2D eigenvalue weighted by molar-refractivity contribution is 4.80. The maximum atomic E-state index is 5.57. The number of methoxy groups -OCH3 is 1. The molecule has 0 aliphatic heterocycles. The molecule has 0 spiro atoms. The van der Waals surface area contributed by atoms with Gasteiger partial charge in [0.05, 0.1) is 6.10 Å². The first-order chi connectivity index (χ1) is 6.52. The summed E-state index contributed by atoms with van der Waals surface area (Å²) in [6.07, 6.45) is 1.47. The van der Waals surface area contributed by atoms with Gasteiger partial charge in [0, 0.05) is 13.2 Å². The predicted octanol–water partition coefficient (Wildman–Crippen LogP) is 2.68. The molecule has 2 heteroatoms. The summed E-state index contributed by atoms with van der Waals surface area (Å²) in [5, 5.41) is 3.51. The number of rotatable bonds is 7. The van der Waals surface area contributed by atoms with Crippen molar-refractivity contribution in [3.8, 4) is 0 Å². The quantitative estimate of drug-likeness (QED) is 0.684. The summed E-state index contributed by atoms with van der Waals surface area (Å²) in [5.41, 5.74) is 0. The summed E-state index contributed by atoms with van der Waals surface area (Å²) < 4.78 is 5.57. The molecule has 0 rings (SSSR count). The summed E-state index contributed by atoms with van der Waals surface area (Å²) in [5.74, 6) is 1.32. The van der Waals surface area contributed by atoms with Crippen LogP contribution in [0, 0.1) is 11.8 Å². The summed E-state index contributed by atoms with van der Waals surface area (Å²) in [7, 11) is 1.82. The molecule has 2 unspecified atom stereocenters. The highest BCUT2D eigenvalue weighted by Gasteiger charge is 2.23. The maximum absolute atomic E-state index is 5.57. The first kappa shape index (κ1) is 13.9. The Morgan fingerprint density at radius 1 is 1.14 bits per heavy atom. The number of ether oxygens (including phenoxy) is 1. The van der Waals surface area contributed by atoms with Crippen molar-refractivity contribution in [1.29, 1.82) is 0 Å². The third-order valence-corrected chi connectivity index (χ3v) is 2.57. The first-order valence-corrected chi connectivity index (χ1v) is 5.79. The molecule has 14 heavy (non-hydrogen) atoms. The highest BCUT2D eigenvalue weighted by atomic mass is 16.5. The summed E-state index contributed by atoms with van der Waals surface area (Å²) in [6, 6.07) is 0.479. The molecule has 0 bridgehead atoms. The van der Waals surface area contributed by atoms with E-state index in [0.29, 0.717) is 24.0 Å². The Hall–Kier alpha value is -0.0800. The van der Waals surface area contributed by atoms with E-state index in [-0.39, 0.29) is 0 Å². The molecule has 0 radical (unpaired) electrons. The summed E-state index contributed by atoms with van der Waals surface area (Å²) in [6.45, 7) is 12.2. The second-order valence-corrected chi connectivity index (χ2v) is 4.73. The van der Waals surface area contributed by atoms with Gasteiger partial charge in [-0.1, -0.05) is 34.6 Å². The second-order valence-electron chi connectivity index (χ2n) is 4.73. The van der Waals surface area contributed by atoms with Crippen LogP contribution in [0.4, 0.5) is 0 Å². The standard InChI is InChI=1S/C12H27NO/c1-7-13-12(10(4)5)11(14-6)8-9(2)3/h9-13H,7-8H2,1-6H3. The van der Waals surface area contributed by atoms with Gasteiger partial charge in [-0.25, -0.2) is 0 Å². The molecule has 0 aromatic rings. The number of hydrogen-bond acceptors (Lipinski definition) is 2. The zero-order valence-electron chi connectivity index (χ0n) is 10.6. The molecule has 1 N–H and O–H groups in total. The highest BCUT2D eigenvalue weighted by Crippen LogP contribution is 2.16. The van der Waals surface area contributed by atoms with Gasteiger partial charge in [-0.3, -0.25) is 0 Å². The van der Waals surface area contributed by atoms with Gasteiger partial charge in [-0.15, -0.1) is 0 Å². The normalized spacial score (nSPS) is 16.3. The van der Waals surface area contributed by atoms with E-state index in [9.17, 15) is 0 Å². The fourth-order valence-corrected chi connectivity index (χ4v) is 1.89. The van der Waals surface area contributed by atoms with E-state index in [2.05, 4.69) is 39.9 Å². The second kappa shape index (κ2) is 7.24. The lowest BCUT2D eigenvalue weighted by molar-refractivity contribution is 0.0381. The molecule has 0 aliphatic rings. The van der Waals surface area contributed by atoms with Crippen LogP contribution in [0.2, 0.25) is 0 Å². The van der Waals surface area contributed by atoms with Crippen molar-refractivity contribution in [1.82, 2.24) is 5.32 Å². The van der Waals surface area contributed by atoms with Gasteiger partial charge in [0.2, 0.25) is 0 Å². The minimum absolute atomic E-state index is 0.343. The summed E-state index contributed by atoms with van der Waals surface area (Å²) >= 11 is 0. The molecule has 0 fully saturated rings. The minimum atomic E-state index is 0.343. The fraction of sp³-hybridized carbons (Fsp3) is 1.00. The molecule has 0 saturated heterocycles. The third kappa shape index (κ3) is 4.97. The molecule has 0 saturated carbocycles. The molecule has 2 nitrogen and oxygen atoms in total. The van der Waals surface area contributed by atoms with Crippen LogP contribution >= 0.6 is 0 Å². The van der Waals surface area contributed by atoms with E-state index in [4.69, 9.17) is 4.74 Å². The Morgan fingerprint density at radius 3 is 2.00 bits per heavy atom. The van der Waals surface area contributed by atoms with E-state index in [1.165, 1.54) is 0 Å². The van der Waals surface area contributed by atoms with E-state index < -0.39 is 0 Å². The van der Waals surface area contributed by atoms with Crippen molar-refractivity contribution in [2.75, 3.05) is 13.7 Å². The Kier molecular flexibility index (Phi) is 7.20. The molecular formula is C12H27NO. The van der Waals surface area contributed by atoms with Crippen LogP contribution in [0.5, 0.6) is 0 Å². The van der Waals surface area contributed by atoms with Gasteiger partial charge in [-0.2, -0.15) is 0 Å². The molecule has 2 atom stereocenters. The van der Waals surface area contributed by atoms with Gasteiger partial charge in [0.25, 0.3) is 0 Å². The summed E-state index contributed by atoms with van der Waals surface area (Å²) in [4.78, 5) is 0. The Morgan fingerprint density at radius 2 is 1.71 bits per heavy atom. The maximum Gasteiger partial charge on any atom is 0.0729 e. The van der Waals surface area contributed by atoms with Gasteiger partial charge in [0.15, 0.2) is 0 Å². The molecule has 0 aliphatic carbocycles. The topological polar surface area (TPSA) is 21.3 Å². The molecule has 0 aromatic carbocycles. The van der Waals surface area contributed by atoms with Crippen LogP contribution < -0.4 is 5.32 Å². The molecular weight excluding hydrogens is 174 g/mol. The average Bonchev–Trinajstić information content (AvgIpc) is 2.10. The largest absolute Gasteiger partial charge is 0.380 e. The van der Waals surface area contributed by atoms with Crippen molar-refractivity contribution in [2.24, 2.45) is 11.8 Å². The molecule has 0 heterocycles. The van der Waals surface area contributed by atoms with Crippen LogP contribution in [-0.4, -0.2) is 25.8 Å². The van der Waals surface area contributed by atoms with Crippen LogP contribution in [0.25, 0.3) is 0 Å². The van der Waals surface area contributed by atoms with E-state index in [0.717, 1.165) is 13.0 Å². The van der Waals surface area contributed by atoms with Crippen LogP contribution in [0.15, 0.2) is 0 Å². The van der Waals surface area contributed by atoms with E-state index in [1.54, 1.807) is 0 Å². The van der Waals surface area contributed by atoms with Crippen molar-refractivity contribution >= 4 is 0 Å². The minimum Gasteiger partial charge on any atom is -0.380 e. The molecule has 0 aromatic heterocycles. The Labute approximate surface area is 89.4 Å². The lowest BCUT2D eigenvalue weighted by Crippen LogP contribution is -2.45.